The maximum Gasteiger partial charge on any atom is 0.228 e. The summed E-state index contributed by atoms with van der Waals surface area (Å²) in [5, 5.41) is 0.812. The third-order valence-corrected chi connectivity index (χ3v) is 8.43. The van der Waals surface area contributed by atoms with Gasteiger partial charge in [0.1, 0.15) is 5.75 Å². The Bertz CT molecular complexity index is 1020. The second kappa shape index (κ2) is 13.2. The van der Waals surface area contributed by atoms with E-state index < -0.39 is 0 Å². The van der Waals surface area contributed by atoms with Gasteiger partial charge in [0.05, 0.1) is 17.3 Å². The second-order valence-electron chi connectivity index (χ2n) is 7.50. The van der Waals surface area contributed by atoms with Crippen molar-refractivity contribution < 1.29 is 9.53 Å². The van der Waals surface area contributed by atoms with E-state index in [-0.39, 0.29) is 5.91 Å². The summed E-state index contributed by atoms with van der Waals surface area (Å²) < 4.78 is 6.35. The van der Waals surface area contributed by atoms with Crippen LogP contribution in [0.3, 0.4) is 0 Å². The van der Waals surface area contributed by atoms with Crippen molar-refractivity contribution >= 4 is 56.1 Å². The zero-order valence-corrected chi connectivity index (χ0v) is 22.3. The molecular weight excluding hydrogens is 470 g/mol. The van der Waals surface area contributed by atoms with Crippen LogP contribution in [-0.2, 0) is 4.79 Å². The number of hydrogen-bond acceptors (Lipinski definition) is 7. The van der Waals surface area contributed by atoms with Crippen molar-refractivity contribution in [2.45, 2.75) is 36.5 Å². The first-order chi connectivity index (χ1) is 16.1. The van der Waals surface area contributed by atoms with E-state index >= 15 is 0 Å². The summed E-state index contributed by atoms with van der Waals surface area (Å²) in [4.78, 5) is 24.8. The first kappa shape index (κ1) is 25.9. The molecule has 0 bridgehead atoms. The monoisotopic (exact) mass is 503 g/mol. The second-order valence-corrected chi connectivity index (χ2v) is 10.5. The highest BCUT2D eigenvalue weighted by atomic mass is 32.2. The van der Waals surface area contributed by atoms with Crippen molar-refractivity contribution in [1.82, 2.24) is 9.88 Å². The summed E-state index contributed by atoms with van der Waals surface area (Å²) in [6.07, 6.45) is 3.42. The molecule has 0 spiro atoms. The number of fused-ring (bicyclic) bond motifs is 1. The summed E-state index contributed by atoms with van der Waals surface area (Å²) in [6.45, 7) is 7.80. The molecule has 178 valence electrons. The molecule has 5 nitrogen and oxygen atoms in total. The van der Waals surface area contributed by atoms with Gasteiger partial charge in [-0.25, -0.2) is 4.98 Å². The van der Waals surface area contributed by atoms with Crippen LogP contribution in [0.1, 0.15) is 26.7 Å². The van der Waals surface area contributed by atoms with E-state index in [1.807, 2.05) is 17.0 Å². The molecule has 0 aliphatic carbocycles. The number of nitrogens with zero attached hydrogens (tertiary/aromatic N) is 3. The number of para-hydroxylation sites is 1. The molecule has 3 aromatic rings. The van der Waals surface area contributed by atoms with Crippen LogP contribution >= 0.6 is 34.9 Å². The molecule has 3 rings (SSSR count). The number of rotatable bonds is 13. The van der Waals surface area contributed by atoms with Gasteiger partial charge in [-0.3, -0.25) is 9.69 Å². The number of ether oxygens (including phenoxy) is 1. The molecule has 0 unspecified atom stereocenters. The van der Waals surface area contributed by atoms with Crippen LogP contribution in [0, 0.1) is 0 Å². The fraction of sp³-hybridized carbons (Fsp3) is 0.440. The van der Waals surface area contributed by atoms with E-state index in [1.54, 1.807) is 42.0 Å². The largest absolute Gasteiger partial charge is 0.497 e. The van der Waals surface area contributed by atoms with Gasteiger partial charge < -0.3 is 9.64 Å². The maximum atomic E-state index is 13.3. The molecule has 0 aliphatic rings. The van der Waals surface area contributed by atoms with Crippen molar-refractivity contribution in [3.8, 4) is 5.75 Å². The molecule has 0 atom stereocenters. The number of thioether (sulfide) groups is 2. The zero-order chi connectivity index (χ0) is 23.6. The van der Waals surface area contributed by atoms with Crippen LogP contribution in [-0.4, -0.2) is 61.1 Å². The van der Waals surface area contributed by atoms with Crippen LogP contribution in [0.4, 0.5) is 5.13 Å². The smallest absolute Gasteiger partial charge is 0.228 e. The van der Waals surface area contributed by atoms with E-state index in [0.29, 0.717) is 13.0 Å². The lowest BCUT2D eigenvalue weighted by Gasteiger charge is -2.24. The molecule has 0 fully saturated rings. The van der Waals surface area contributed by atoms with Gasteiger partial charge in [-0.2, -0.15) is 0 Å². The fourth-order valence-electron chi connectivity index (χ4n) is 3.52. The van der Waals surface area contributed by atoms with Crippen molar-refractivity contribution in [2.24, 2.45) is 0 Å². The number of likely N-dealkylation sites (N-methyl/N-ethyl adjacent to an activating group) is 1. The molecule has 1 aromatic heterocycles. The molecule has 33 heavy (non-hydrogen) atoms. The average molecular weight is 504 g/mol. The fourth-order valence-corrected chi connectivity index (χ4v) is 6.04. The van der Waals surface area contributed by atoms with E-state index in [0.717, 1.165) is 57.8 Å². The molecule has 1 amide bonds. The van der Waals surface area contributed by atoms with E-state index in [1.165, 1.54) is 4.90 Å². The number of aromatic nitrogens is 1. The lowest BCUT2D eigenvalue weighted by Crippen LogP contribution is -2.38. The molecule has 0 aliphatic heterocycles. The topological polar surface area (TPSA) is 45.7 Å². The molecular formula is C25H33N3O2S3. The Morgan fingerprint density at radius 1 is 1.09 bits per heavy atom. The minimum absolute atomic E-state index is 0.155. The van der Waals surface area contributed by atoms with Gasteiger partial charge in [0.25, 0.3) is 0 Å². The number of hydrogen-bond donors (Lipinski definition) is 0. The normalized spacial score (nSPS) is 11.3. The summed E-state index contributed by atoms with van der Waals surface area (Å²) >= 11 is 5.08. The minimum Gasteiger partial charge on any atom is -0.497 e. The van der Waals surface area contributed by atoms with Gasteiger partial charge >= 0.3 is 0 Å². The van der Waals surface area contributed by atoms with E-state index in [4.69, 9.17) is 9.72 Å². The zero-order valence-electron chi connectivity index (χ0n) is 19.9. The molecule has 0 N–H and O–H groups in total. The number of methoxy groups -OCH3 is 1. The third kappa shape index (κ3) is 7.12. The highest BCUT2D eigenvalue weighted by Crippen LogP contribution is 2.34. The Kier molecular flexibility index (Phi) is 10.4. The number of anilines is 1. The van der Waals surface area contributed by atoms with Gasteiger partial charge in [-0.15, -0.1) is 23.5 Å². The van der Waals surface area contributed by atoms with Gasteiger partial charge in [0, 0.05) is 29.3 Å². The Labute approximate surface area is 209 Å². The Balaban J connectivity index is 1.67. The van der Waals surface area contributed by atoms with Crippen molar-refractivity contribution in [3.63, 3.8) is 0 Å². The predicted octanol–water partition coefficient (Wildman–Crippen LogP) is 6.27. The molecule has 2 aromatic carbocycles. The molecule has 8 heteroatoms. The number of carbonyl (C=O) groups excluding carboxylic acids is 1. The van der Waals surface area contributed by atoms with Crippen molar-refractivity contribution in [1.29, 1.82) is 0 Å². The highest BCUT2D eigenvalue weighted by Gasteiger charge is 2.21. The van der Waals surface area contributed by atoms with Gasteiger partial charge in [0.15, 0.2) is 5.13 Å². The molecule has 0 radical (unpaired) electrons. The number of carbonyl (C=O) groups is 1. The first-order valence-electron chi connectivity index (χ1n) is 11.3. The van der Waals surface area contributed by atoms with Gasteiger partial charge in [-0.1, -0.05) is 31.3 Å². The van der Waals surface area contributed by atoms with Crippen LogP contribution in [0.25, 0.3) is 10.2 Å². The van der Waals surface area contributed by atoms with Gasteiger partial charge in [-0.05, 0) is 67.9 Å². The molecule has 1 heterocycles. The molecule has 0 saturated carbocycles. The Hall–Kier alpha value is -1.74. The van der Waals surface area contributed by atoms with E-state index in [9.17, 15) is 4.79 Å². The minimum atomic E-state index is 0.155. The number of amides is 1. The highest BCUT2D eigenvalue weighted by molar-refractivity contribution is 7.99. The van der Waals surface area contributed by atoms with Crippen molar-refractivity contribution in [2.75, 3.05) is 50.2 Å². The van der Waals surface area contributed by atoms with Crippen LogP contribution < -0.4 is 9.64 Å². The Morgan fingerprint density at radius 3 is 2.52 bits per heavy atom. The predicted molar refractivity (Wildman–Crippen MR) is 144 cm³/mol. The van der Waals surface area contributed by atoms with E-state index in [2.05, 4.69) is 55.3 Å². The summed E-state index contributed by atoms with van der Waals surface area (Å²) in [7, 11) is 1.67. The maximum absolute atomic E-state index is 13.3. The van der Waals surface area contributed by atoms with Crippen LogP contribution in [0.5, 0.6) is 5.75 Å². The van der Waals surface area contributed by atoms with Crippen LogP contribution in [0.15, 0.2) is 52.3 Å². The van der Waals surface area contributed by atoms with Gasteiger partial charge in [0.2, 0.25) is 5.91 Å². The summed E-state index contributed by atoms with van der Waals surface area (Å²) in [5.41, 5.74) is 1.00. The lowest BCUT2D eigenvalue weighted by atomic mass is 10.3. The quantitative estimate of drug-likeness (QED) is 0.202. The number of thiazole rings is 1. The lowest BCUT2D eigenvalue weighted by molar-refractivity contribution is -0.118. The summed E-state index contributed by atoms with van der Waals surface area (Å²) in [6, 6.07) is 14.3. The summed E-state index contributed by atoms with van der Waals surface area (Å²) in [5.74, 6) is 1.92. The number of benzene rings is 2. The van der Waals surface area contributed by atoms with Crippen LogP contribution in [0.2, 0.25) is 0 Å². The SMILES string of the molecule is CCN(CC)CCN(C(=O)CCCSc1ccc(OC)cc1)c1nc2c(SC)cccc2s1. The first-order valence-corrected chi connectivity index (χ1v) is 14.3. The Morgan fingerprint density at radius 2 is 1.85 bits per heavy atom. The average Bonchev–Trinajstić information content (AvgIpc) is 3.28. The third-order valence-electron chi connectivity index (χ3n) is 5.52. The standard InChI is InChI=1S/C25H33N3O2S3/c1-5-27(6-2)16-17-28(25-26-24-21(31-4)9-7-10-22(24)33-25)23(29)11-8-18-32-20-14-12-19(30-3)13-15-20/h7,9-10,12-15H,5-6,8,11,16-18H2,1-4H3. The molecule has 0 saturated heterocycles. The van der Waals surface area contributed by atoms with Crippen molar-refractivity contribution in [3.05, 3.63) is 42.5 Å².